The third-order valence-electron chi connectivity index (χ3n) is 10.6. The number of hydroxylamine groups is 1. The van der Waals surface area contributed by atoms with Gasteiger partial charge in [0.1, 0.15) is 0 Å². The zero-order chi connectivity index (χ0) is 31.1. The molecule has 242 valence electrons. The maximum absolute atomic E-state index is 13.0. The van der Waals surface area contributed by atoms with Gasteiger partial charge in [0.15, 0.2) is 0 Å². The molecule has 4 N–H and O–H groups in total. The van der Waals surface area contributed by atoms with E-state index in [0.29, 0.717) is 18.3 Å². The van der Waals surface area contributed by atoms with Gasteiger partial charge in [-0.2, -0.15) is 5.48 Å². The zero-order valence-corrected chi connectivity index (χ0v) is 24.6. The number of carbonyl (C=O) groups is 3. The van der Waals surface area contributed by atoms with Crippen molar-refractivity contribution in [3.05, 3.63) is 20.2 Å². The maximum atomic E-state index is 13.0. The quantitative estimate of drug-likeness (QED) is 0.186. The number of hydrogen-bond acceptors (Lipinski definition) is 9. The van der Waals surface area contributed by atoms with Gasteiger partial charge < -0.3 is 20.4 Å². The van der Waals surface area contributed by atoms with Gasteiger partial charge in [0.25, 0.3) is 0 Å². The Morgan fingerprint density at radius 3 is 1.72 bits per heavy atom. The van der Waals surface area contributed by atoms with Crippen molar-refractivity contribution in [3.63, 3.8) is 0 Å². The Morgan fingerprint density at radius 2 is 1.19 bits per heavy atom. The molecule has 43 heavy (non-hydrogen) atoms. The number of amides is 1. The fraction of sp³-hybridized carbons (Fsp3) is 0.897. The van der Waals surface area contributed by atoms with Gasteiger partial charge in [-0.05, 0) is 82.5 Å². The molecule has 4 aliphatic carbocycles. The lowest BCUT2D eigenvalue weighted by Crippen LogP contribution is -2.48. The fourth-order valence-corrected chi connectivity index (χ4v) is 7.98. The van der Waals surface area contributed by atoms with E-state index < -0.39 is 46.7 Å². The van der Waals surface area contributed by atoms with Crippen LogP contribution in [0.15, 0.2) is 0 Å². The first kappa shape index (κ1) is 33.0. The number of nitrogens with zero attached hydrogens (tertiary/aromatic N) is 2. The number of nitrogens with one attached hydrogen (secondary N) is 2. The summed E-state index contributed by atoms with van der Waals surface area (Å²) in [5.74, 6) is -3.94. The molecule has 0 bridgehead atoms. The average Bonchev–Trinajstić information content (AvgIpc) is 2.98. The normalized spacial score (nSPS) is 36.7. The summed E-state index contributed by atoms with van der Waals surface area (Å²) in [4.78, 5) is 63.7. The first-order valence-corrected chi connectivity index (χ1v) is 15.9. The van der Waals surface area contributed by atoms with Crippen LogP contribution in [0.5, 0.6) is 0 Å². The van der Waals surface area contributed by atoms with Crippen LogP contribution in [-0.4, -0.2) is 68.7 Å². The van der Waals surface area contributed by atoms with E-state index in [1.165, 1.54) is 0 Å². The van der Waals surface area contributed by atoms with E-state index in [1.807, 2.05) is 0 Å². The molecule has 0 spiro atoms. The summed E-state index contributed by atoms with van der Waals surface area (Å²) < 4.78 is 0. The third-order valence-corrected chi connectivity index (χ3v) is 10.6. The highest BCUT2D eigenvalue weighted by molar-refractivity contribution is 5.85. The van der Waals surface area contributed by atoms with E-state index in [1.54, 1.807) is 0 Å². The molecule has 0 aromatic carbocycles. The van der Waals surface area contributed by atoms with E-state index in [4.69, 9.17) is 4.84 Å². The van der Waals surface area contributed by atoms with Gasteiger partial charge in [-0.1, -0.05) is 0 Å². The van der Waals surface area contributed by atoms with Crippen molar-refractivity contribution >= 4 is 17.8 Å². The summed E-state index contributed by atoms with van der Waals surface area (Å²) in [5.41, 5.74) is 3.09. The molecule has 0 saturated heterocycles. The molecule has 0 aliphatic heterocycles. The first-order valence-electron chi connectivity index (χ1n) is 15.9. The van der Waals surface area contributed by atoms with Crippen LogP contribution >= 0.6 is 0 Å². The van der Waals surface area contributed by atoms with Gasteiger partial charge in [0.2, 0.25) is 18.0 Å². The van der Waals surface area contributed by atoms with Gasteiger partial charge in [0, 0.05) is 53.5 Å². The molecule has 14 heteroatoms. The second kappa shape index (κ2) is 15.2. The van der Waals surface area contributed by atoms with E-state index in [-0.39, 0.29) is 67.5 Å². The molecule has 0 radical (unpaired) electrons. The molecular weight excluding hydrogens is 564 g/mol. The predicted octanol–water partition coefficient (Wildman–Crippen LogP) is 3.42. The van der Waals surface area contributed by atoms with Crippen molar-refractivity contribution in [1.82, 2.24) is 10.8 Å². The van der Waals surface area contributed by atoms with Crippen molar-refractivity contribution in [2.45, 2.75) is 120 Å². The highest BCUT2D eigenvalue weighted by Crippen LogP contribution is 2.37. The van der Waals surface area contributed by atoms with E-state index in [2.05, 4.69) is 10.8 Å². The van der Waals surface area contributed by atoms with Crippen LogP contribution in [0.2, 0.25) is 0 Å². The van der Waals surface area contributed by atoms with Crippen LogP contribution in [0.3, 0.4) is 0 Å². The molecule has 0 aromatic rings. The molecule has 4 aliphatic rings. The van der Waals surface area contributed by atoms with Crippen molar-refractivity contribution in [1.29, 1.82) is 0 Å². The molecule has 14 nitrogen and oxygen atoms in total. The average molecular weight is 611 g/mol. The Morgan fingerprint density at radius 1 is 0.674 bits per heavy atom. The minimum absolute atomic E-state index is 0.0286. The second-order valence-corrected chi connectivity index (χ2v) is 13.4. The van der Waals surface area contributed by atoms with Crippen molar-refractivity contribution in [3.8, 4) is 0 Å². The highest BCUT2D eigenvalue weighted by Gasteiger charge is 2.44. The Balaban J connectivity index is 1.13. The molecular formula is C29H46N4O10. The largest absolute Gasteiger partial charge is 0.481 e. The molecule has 4 saturated carbocycles. The third kappa shape index (κ3) is 9.07. The molecule has 6 atom stereocenters. The van der Waals surface area contributed by atoms with Crippen LogP contribution in [0.25, 0.3) is 0 Å². The Labute approximate surface area is 250 Å². The summed E-state index contributed by atoms with van der Waals surface area (Å²) in [6.45, 7) is 0.148. The van der Waals surface area contributed by atoms with Gasteiger partial charge >= 0.3 is 11.9 Å². The highest BCUT2D eigenvalue weighted by atomic mass is 16.6. The van der Waals surface area contributed by atoms with Gasteiger partial charge in [-0.3, -0.25) is 34.6 Å². The van der Waals surface area contributed by atoms with Crippen LogP contribution in [0, 0.1) is 55.7 Å². The summed E-state index contributed by atoms with van der Waals surface area (Å²) >= 11 is 0. The number of carboxylic acid groups (broad SMARTS) is 2. The first-order chi connectivity index (χ1) is 20.5. The zero-order valence-electron chi connectivity index (χ0n) is 24.6. The van der Waals surface area contributed by atoms with Crippen LogP contribution < -0.4 is 10.8 Å². The lowest BCUT2D eigenvalue weighted by atomic mass is 9.75. The van der Waals surface area contributed by atoms with Crippen LogP contribution in [0.4, 0.5) is 0 Å². The van der Waals surface area contributed by atoms with Crippen LogP contribution in [-0.2, 0) is 19.2 Å². The Hall–Kier alpha value is -2.87. The Bertz CT molecular complexity index is 1010. The predicted molar refractivity (Wildman–Crippen MR) is 152 cm³/mol. The molecule has 1 amide bonds. The van der Waals surface area contributed by atoms with Crippen molar-refractivity contribution < 1.29 is 39.3 Å². The fourth-order valence-electron chi connectivity index (χ4n) is 7.98. The molecule has 0 aromatic heterocycles. The van der Waals surface area contributed by atoms with E-state index >= 15 is 0 Å². The van der Waals surface area contributed by atoms with Gasteiger partial charge in [-0.25, -0.2) is 0 Å². The standard InChI is InChI=1S/C29H46N4O10/c34-27(26-15-23(33(41)42)10-12-25(26)29(37)38)30-20-5-1-17(2-6-20)13-18-3-7-21(8-4-18)31-43-16-19-14-22(32(39)40)9-11-24(19)28(35)36/h17-26,31H,1-16H2,(H,30,34)(H,35,36)(H,37,38). The Kier molecular flexibility index (Phi) is 11.7. The minimum atomic E-state index is -1.07. The summed E-state index contributed by atoms with van der Waals surface area (Å²) in [6.07, 6.45) is 9.81. The van der Waals surface area contributed by atoms with Gasteiger partial charge in [-0.15, -0.1) is 0 Å². The SMILES string of the molecule is O=C(O)C1CCC([N+](=O)[O-])CC1CONC1CCC(CC2CCC(NC(=O)C3CC([N+](=O)[O-])CCC3C(=O)O)CC2)CC1. The van der Waals surface area contributed by atoms with Crippen molar-refractivity contribution in [2.24, 2.45) is 35.5 Å². The molecule has 4 rings (SSSR count). The molecule has 0 heterocycles. The number of nitro groups is 2. The number of aliphatic carboxylic acids is 2. The second-order valence-electron chi connectivity index (χ2n) is 13.4. The lowest BCUT2D eigenvalue weighted by molar-refractivity contribution is -0.528. The van der Waals surface area contributed by atoms with E-state index in [9.17, 15) is 44.8 Å². The topological polar surface area (TPSA) is 211 Å². The minimum Gasteiger partial charge on any atom is -0.481 e. The summed E-state index contributed by atoms with van der Waals surface area (Å²) in [6, 6.07) is -1.44. The lowest BCUT2D eigenvalue weighted by Gasteiger charge is -2.36. The number of rotatable bonds is 12. The monoisotopic (exact) mass is 610 g/mol. The van der Waals surface area contributed by atoms with Gasteiger partial charge in [0.05, 0.1) is 24.4 Å². The molecule has 4 fully saturated rings. The van der Waals surface area contributed by atoms with E-state index in [0.717, 1.165) is 57.8 Å². The number of carbonyl (C=O) groups excluding carboxylic acids is 1. The smallest absolute Gasteiger partial charge is 0.307 e. The van der Waals surface area contributed by atoms with Crippen molar-refractivity contribution in [2.75, 3.05) is 6.61 Å². The number of hydrogen-bond donors (Lipinski definition) is 4. The summed E-state index contributed by atoms with van der Waals surface area (Å²) in [5, 5.41) is 44.5. The van der Waals surface area contributed by atoms with Crippen LogP contribution in [0.1, 0.15) is 96.3 Å². The molecule has 6 unspecified atom stereocenters. The number of carboxylic acids is 2. The summed E-state index contributed by atoms with van der Waals surface area (Å²) in [7, 11) is 0. The maximum Gasteiger partial charge on any atom is 0.307 e.